The molecule has 0 spiro atoms. The fourth-order valence-corrected chi connectivity index (χ4v) is 3.46. The van der Waals surface area contributed by atoms with Crippen molar-refractivity contribution in [3.8, 4) is 11.8 Å². The van der Waals surface area contributed by atoms with Crippen LogP contribution < -0.4 is 10.1 Å². The number of amides is 1. The zero-order valence-corrected chi connectivity index (χ0v) is 18.4. The predicted molar refractivity (Wildman–Crippen MR) is 124 cm³/mol. The summed E-state index contributed by atoms with van der Waals surface area (Å²) in [5.41, 5.74) is 1.77. The summed E-state index contributed by atoms with van der Waals surface area (Å²) in [5, 5.41) is 12.4. The fourth-order valence-electron chi connectivity index (χ4n) is 2.58. The molecule has 0 radical (unpaired) electrons. The summed E-state index contributed by atoms with van der Waals surface area (Å²) in [6.07, 6.45) is 1.49. The van der Waals surface area contributed by atoms with E-state index in [1.54, 1.807) is 54.6 Å². The molecule has 1 N–H and O–H groups in total. The normalized spacial score (nSPS) is 10.9. The van der Waals surface area contributed by atoms with Gasteiger partial charge in [-0.1, -0.05) is 41.9 Å². The number of carbonyl (C=O) groups excluding carboxylic acids is 1. The lowest BCUT2D eigenvalue weighted by molar-refractivity contribution is -0.112. The zero-order valence-electron chi connectivity index (χ0n) is 15.5. The summed E-state index contributed by atoms with van der Waals surface area (Å²) < 4.78 is 19.8. The van der Waals surface area contributed by atoms with Crippen LogP contribution in [0.4, 0.5) is 10.1 Å². The number of rotatable bonds is 6. The van der Waals surface area contributed by atoms with Gasteiger partial charge in [0.15, 0.2) is 0 Å². The van der Waals surface area contributed by atoms with Crippen LogP contribution in [0.1, 0.15) is 11.1 Å². The van der Waals surface area contributed by atoms with E-state index in [4.69, 9.17) is 16.3 Å². The van der Waals surface area contributed by atoms with Crippen molar-refractivity contribution in [1.29, 1.82) is 5.26 Å². The Bertz CT molecular complexity index is 1160. The standard InChI is InChI=1S/C23H15ClFIN2O2/c24-19-6-1-2-7-21(19)28-23(29)17(13-27)10-15-8-9-22(20(26)12-15)30-14-16-4-3-5-18(25)11-16/h1-12H,14H2,(H,28,29)/b17-10+. The minimum atomic E-state index is -0.549. The summed E-state index contributed by atoms with van der Waals surface area (Å²) in [6.45, 7) is 0.229. The van der Waals surface area contributed by atoms with Crippen LogP contribution >= 0.6 is 34.2 Å². The average molecular weight is 533 g/mol. The fraction of sp³-hybridized carbons (Fsp3) is 0.0435. The van der Waals surface area contributed by atoms with Crippen LogP contribution in [-0.2, 0) is 11.4 Å². The Morgan fingerprint density at radius 1 is 1.17 bits per heavy atom. The van der Waals surface area contributed by atoms with Gasteiger partial charge in [-0.25, -0.2) is 4.39 Å². The quantitative estimate of drug-likeness (QED) is 0.233. The summed E-state index contributed by atoms with van der Waals surface area (Å²) in [6, 6.07) is 20.2. The van der Waals surface area contributed by atoms with Crippen molar-refractivity contribution in [1.82, 2.24) is 0 Å². The van der Waals surface area contributed by atoms with Crippen molar-refractivity contribution in [2.45, 2.75) is 6.61 Å². The van der Waals surface area contributed by atoms with Crippen LogP contribution in [0.2, 0.25) is 5.02 Å². The molecule has 0 atom stereocenters. The molecule has 0 saturated heterocycles. The number of para-hydroxylation sites is 1. The monoisotopic (exact) mass is 532 g/mol. The average Bonchev–Trinajstić information content (AvgIpc) is 2.73. The lowest BCUT2D eigenvalue weighted by Gasteiger charge is -2.09. The Kier molecular flexibility index (Phi) is 7.44. The first-order chi connectivity index (χ1) is 14.5. The third-order valence-corrected chi connectivity index (χ3v) is 5.21. The van der Waals surface area contributed by atoms with Gasteiger partial charge < -0.3 is 10.1 Å². The number of halogens is 3. The van der Waals surface area contributed by atoms with Gasteiger partial charge in [0.2, 0.25) is 0 Å². The summed E-state index contributed by atoms with van der Waals surface area (Å²) in [4.78, 5) is 12.4. The first-order valence-electron chi connectivity index (χ1n) is 8.81. The van der Waals surface area contributed by atoms with Crippen LogP contribution in [0, 0.1) is 20.7 Å². The molecule has 1 amide bonds. The van der Waals surface area contributed by atoms with Crippen molar-refractivity contribution in [2.75, 3.05) is 5.32 Å². The SMILES string of the molecule is N#C/C(=C\c1ccc(OCc2cccc(F)c2)c(I)c1)C(=O)Nc1ccccc1Cl. The molecule has 7 heteroatoms. The Balaban J connectivity index is 1.72. The molecule has 150 valence electrons. The smallest absolute Gasteiger partial charge is 0.266 e. The van der Waals surface area contributed by atoms with E-state index < -0.39 is 5.91 Å². The van der Waals surface area contributed by atoms with Crippen LogP contribution in [-0.4, -0.2) is 5.91 Å². The van der Waals surface area contributed by atoms with Crippen LogP contribution in [0.15, 0.2) is 72.3 Å². The van der Waals surface area contributed by atoms with Crippen molar-refractivity contribution in [2.24, 2.45) is 0 Å². The molecule has 3 aromatic rings. The predicted octanol–water partition coefficient (Wildman–Crippen LogP) is 6.21. The minimum absolute atomic E-state index is 0.0563. The number of carbonyl (C=O) groups is 1. The maximum Gasteiger partial charge on any atom is 0.266 e. The number of hydrogen-bond acceptors (Lipinski definition) is 3. The van der Waals surface area contributed by atoms with Crippen molar-refractivity contribution in [3.05, 3.63) is 97.8 Å². The van der Waals surface area contributed by atoms with Gasteiger partial charge >= 0.3 is 0 Å². The Hall–Kier alpha value is -2.89. The molecule has 3 aromatic carbocycles. The highest BCUT2D eigenvalue weighted by Gasteiger charge is 2.12. The minimum Gasteiger partial charge on any atom is -0.488 e. The van der Waals surface area contributed by atoms with Gasteiger partial charge in [-0.05, 0) is 76.2 Å². The molecular formula is C23H15ClFIN2O2. The number of nitriles is 1. The maximum atomic E-state index is 13.3. The van der Waals surface area contributed by atoms with E-state index in [2.05, 4.69) is 27.9 Å². The molecule has 0 aromatic heterocycles. The highest BCUT2D eigenvalue weighted by Crippen LogP contribution is 2.25. The van der Waals surface area contributed by atoms with Crippen LogP contribution in [0.25, 0.3) is 6.08 Å². The second-order valence-corrected chi connectivity index (χ2v) is 7.78. The molecule has 0 unspecified atom stereocenters. The Morgan fingerprint density at radius 2 is 1.97 bits per heavy atom. The molecular weight excluding hydrogens is 518 g/mol. The summed E-state index contributed by atoms with van der Waals surface area (Å²) >= 11 is 8.15. The molecule has 3 rings (SSSR count). The zero-order chi connectivity index (χ0) is 21.5. The van der Waals surface area contributed by atoms with Gasteiger partial charge in [0.1, 0.15) is 29.8 Å². The van der Waals surface area contributed by atoms with E-state index in [0.29, 0.717) is 22.0 Å². The van der Waals surface area contributed by atoms with Gasteiger partial charge in [-0.2, -0.15) is 5.26 Å². The number of nitrogens with zero attached hydrogens (tertiary/aromatic N) is 1. The van der Waals surface area contributed by atoms with E-state index in [-0.39, 0.29) is 18.0 Å². The first kappa shape index (κ1) is 21.8. The summed E-state index contributed by atoms with van der Waals surface area (Å²) in [7, 11) is 0. The van der Waals surface area contributed by atoms with E-state index in [9.17, 15) is 14.4 Å². The third kappa shape index (κ3) is 5.81. The van der Waals surface area contributed by atoms with E-state index in [1.807, 2.05) is 6.07 Å². The molecule has 0 aliphatic rings. The highest BCUT2D eigenvalue weighted by atomic mass is 127. The lowest BCUT2D eigenvalue weighted by atomic mass is 10.1. The largest absolute Gasteiger partial charge is 0.488 e. The van der Waals surface area contributed by atoms with Gasteiger partial charge in [-0.15, -0.1) is 0 Å². The third-order valence-electron chi connectivity index (χ3n) is 4.04. The Morgan fingerprint density at radius 3 is 2.67 bits per heavy atom. The maximum absolute atomic E-state index is 13.3. The molecule has 0 heterocycles. The van der Waals surface area contributed by atoms with E-state index in [0.717, 1.165) is 9.13 Å². The number of nitrogens with one attached hydrogen (secondary N) is 1. The molecule has 0 saturated carbocycles. The van der Waals surface area contributed by atoms with Gasteiger partial charge in [0, 0.05) is 0 Å². The number of anilines is 1. The molecule has 30 heavy (non-hydrogen) atoms. The highest BCUT2D eigenvalue weighted by molar-refractivity contribution is 14.1. The van der Waals surface area contributed by atoms with E-state index in [1.165, 1.54) is 18.2 Å². The molecule has 0 bridgehead atoms. The van der Waals surface area contributed by atoms with Crippen molar-refractivity contribution < 1.29 is 13.9 Å². The van der Waals surface area contributed by atoms with Crippen molar-refractivity contribution in [3.63, 3.8) is 0 Å². The molecule has 0 fully saturated rings. The van der Waals surface area contributed by atoms with E-state index >= 15 is 0 Å². The number of ether oxygens (including phenoxy) is 1. The molecule has 4 nitrogen and oxygen atoms in total. The Labute approximate surface area is 192 Å². The lowest BCUT2D eigenvalue weighted by Crippen LogP contribution is -2.13. The molecule has 0 aliphatic heterocycles. The summed E-state index contributed by atoms with van der Waals surface area (Å²) in [5.74, 6) is -0.242. The van der Waals surface area contributed by atoms with Crippen LogP contribution in [0.5, 0.6) is 5.75 Å². The first-order valence-corrected chi connectivity index (χ1v) is 10.3. The van der Waals surface area contributed by atoms with Gasteiger partial charge in [0.25, 0.3) is 5.91 Å². The second-order valence-electron chi connectivity index (χ2n) is 6.21. The van der Waals surface area contributed by atoms with Gasteiger partial charge in [-0.3, -0.25) is 4.79 Å². The van der Waals surface area contributed by atoms with Crippen LogP contribution in [0.3, 0.4) is 0 Å². The van der Waals surface area contributed by atoms with Crippen molar-refractivity contribution >= 4 is 51.9 Å². The molecule has 0 aliphatic carbocycles. The number of benzene rings is 3. The second kappa shape index (κ2) is 10.2. The number of hydrogen-bond donors (Lipinski definition) is 1. The topological polar surface area (TPSA) is 62.1 Å². The van der Waals surface area contributed by atoms with Gasteiger partial charge in [0.05, 0.1) is 14.3 Å².